The van der Waals surface area contributed by atoms with Gasteiger partial charge in [0, 0.05) is 5.56 Å². The van der Waals surface area contributed by atoms with Crippen molar-refractivity contribution < 1.29 is 18.7 Å². The van der Waals surface area contributed by atoms with E-state index < -0.39 is 11.8 Å². The van der Waals surface area contributed by atoms with Gasteiger partial charge in [0.05, 0.1) is 17.3 Å². The number of anilines is 1. The fraction of sp³-hybridized carbons (Fsp3) is 0.154. The number of carbonyl (C=O) groups is 1. The highest BCUT2D eigenvalue weighted by molar-refractivity contribution is 6.33. The lowest BCUT2D eigenvalue weighted by Gasteiger charge is -2.06. The first-order valence-corrected chi connectivity index (χ1v) is 5.86. The first-order valence-electron chi connectivity index (χ1n) is 5.49. The van der Waals surface area contributed by atoms with Crippen molar-refractivity contribution in [2.75, 3.05) is 5.32 Å². The van der Waals surface area contributed by atoms with Crippen LogP contribution in [0.5, 0.6) is 0 Å². The maximum Gasteiger partial charge on any atom is 0.372 e. The molecular weight excluding hydrogens is 273 g/mol. The summed E-state index contributed by atoms with van der Waals surface area (Å²) in [7, 11) is 0. The molecule has 0 saturated heterocycles. The molecule has 2 aromatic rings. The highest BCUT2D eigenvalue weighted by Gasteiger charge is 2.14. The van der Waals surface area contributed by atoms with Crippen molar-refractivity contribution in [3.8, 4) is 0 Å². The number of nitrogens with one attached hydrogen (secondary N) is 1. The van der Waals surface area contributed by atoms with Crippen LogP contribution >= 0.6 is 11.6 Å². The molecule has 0 fully saturated rings. The van der Waals surface area contributed by atoms with E-state index in [4.69, 9.17) is 21.1 Å². The van der Waals surface area contributed by atoms with E-state index in [-0.39, 0.29) is 17.3 Å². The lowest BCUT2D eigenvalue weighted by Crippen LogP contribution is -1.99. The minimum Gasteiger partial charge on any atom is -0.475 e. The van der Waals surface area contributed by atoms with Crippen molar-refractivity contribution in [1.82, 2.24) is 0 Å². The Morgan fingerprint density at radius 1 is 1.47 bits per heavy atom. The van der Waals surface area contributed by atoms with Crippen LogP contribution in [0.1, 0.15) is 21.9 Å². The van der Waals surface area contributed by atoms with Crippen LogP contribution in [0.25, 0.3) is 0 Å². The Balaban J connectivity index is 2.10. The topological polar surface area (TPSA) is 62.5 Å². The molecule has 2 rings (SSSR count). The second-order valence-electron chi connectivity index (χ2n) is 4.01. The third kappa shape index (κ3) is 3.06. The number of carboxylic acid groups (broad SMARTS) is 1. The molecule has 1 aromatic heterocycles. The Morgan fingerprint density at radius 2 is 2.21 bits per heavy atom. The fourth-order valence-electron chi connectivity index (χ4n) is 1.66. The third-order valence-electron chi connectivity index (χ3n) is 2.55. The first-order chi connectivity index (χ1) is 8.97. The number of hydrogen-bond donors (Lipinski definition) is 2. The van der Waals surface area contributed by atoms with Crippen molar-refractivity contribution in [3.63, 3.8) is 0 Å². The van der Waals surface area contributed by atoms with Gasteiger partial charge in [-0.3, -0.25) is 0 Å². The molecule has 4 nitrogen and oxygen atoms in total. The molecule has 6 heteroatoms. The summed E-state index contributed by atoms with van der Waals surface area (Å²) in [5.41, 5.74) is 1.10. The fourth-order valence-corrected chi connectivity index (χ4v) is 1.90. The third-order valence-corrected chi connectivity index (χ3v) is 2.86. The molecule has 0 unspecified atom stereocenters. The molecule has 100 valence electrons. The minimum atomic E-state index is -1.11. The molecule has 2 N–H and O–H groups in total. The van der Waals surface area contributed by atoms with Gasteiger partial charge in [0.25, 0.3) is 0 Å². The molecular formula is C13H11ClFNO3. The number of hydrogen-bond acceptors (Lipinski definition) is 3. The summed E-state index contributed by atoms with van der Waals surface area (Å²) in [6.07, 6.45) is 0. The summed E-state index contributed by atoms with van der Waals surface area (Å²) in [5, 5.41) is 12.1. The molecule has 1 heterocycles. The molecule has 0 aliphatic rings. The summed E-state index contributed by atoms with van der Waals surface area (Å²) >= 11 is 5.86. The van der Waals surface area contributed by atoms with E-state index in [0.29, 0.717) is 17.0 Å². The SMILES string of the molecule is Cc1cc(CNc2ccc(F)cc2Cl)oc1C(=O)O. The zero-order chi connectivity index (χ0) is 14.0. The molecule has 1 aromatic carbocycles. The molecule has 0 amide bonds. The van der Waals surface area contributed by atoms with E-state index in [0.717, 1.165) is 0 Å². The summed E-state index contributed by atoms with van der Waals surface area (Å²) in [6, 6.07) is 5.61. The quantitative estimate of drug-likeness (QED) is 0.898. The summed E-state index contributed by atoms with van der Waals surface area (Å²) in [5.74, 6) is -1.14. The Bertz CT molecular complexity index is 624. The number of furan rings is 1. The maximum atomic E-state index is 12.9. The number of halogens is 2. The van der Waals surface area contributed by atoms with Gasteiger partial charge >= 0.3 is 5.97 Å². The van der Waals surface area contributed by atoms with E-state index in [1.54, 1.807) is 13.0 Å². The van der Waals surface area contributed by atoms with E-state index in [1.165, 1.54) is 18.2 Å². The highest BCUT2D eigenvalue weighted by Crippen LogP contribution is 2.23. The number of rotatable bonds is 4. The predicted molar refractivity (Wildman–Crippen MR) is 69.1 cm³/mol. The van der Waals surface area contributed by atoms with Crippen molar-refractivity contribution in [3.05, 3.63) is 52.2 Å². The molecule has 0 atom stereocenters. The lowest BCUT2D eigenvalue weighted by atomic mass is 10.2. The van der Waals surface area contributed by atoms with Crippen LogP contribution in [0.4, 0.5) is 10.1 Å². The monoisotopic (exact) mass is 283 g/mol. The van der Waals surface area contributed by atoms with Gasteiger partial charge in [-0.15, -0.1) is 0 Å². The molecule has 19 heavy (non-hydrogen) atoms. The van der Waals surface area contributed by atoms with E-state index in [1.807, 2.05) is 0 Å². The van der Waals surface area contributed by atoms with Crippen LogP contribution in [0.2, 0.25) is 5.02 Å². The molecule has 0 saturated carbocycles. The number of aryl methyl sites for hydroxylation is 1. The van der Waals surface area contributed by atoms with Crippen molar-refractivity contribution in [2.45, 2.75) is 13.5 Å². The normalized spacial score (nSPS) is 10.5. The standard InChI is InChI=1S/C13H11ClFNO3/c1-7-4-9(19-12(7)13(17)18)6-16-11-3-2-8(15)5-10(11)14/h2-5,16H,6H2,1H3,(H,17,18). The zero-order valence-corrected chi connectivity index (χ0v) is 10.8. The van der Waals surface area contributed by atoms with Gasteiger partial charge in [-0.05, 0) is 31.2 Å². The average molecular weight is 284 g/mol. The zero-order valence-electron chi connectivity index (χ0n) is 10.0. The van der Waals surface area contributed by atoms with Gasteiger partial charge in [-0.1, -0.05) is 11.6 Å². The first kappa shape index (κ1) is 13.4. The van der Waals surface area contributed by atoms with Crippen LogP contribution in [0, 0.1) is 12.7 Å². The predicted octanol–water partition coefficient (Wildman–Crippen LogP) is 3.69. The van der Waals surface area contributed by atoms with Crippen LogP contribution < -0.4 is 5.32 Å². The van der Waals surface area contributed by atoms with Crippen LogP contribution in [0.3, 0.4) is 0 Å². The molecule has 0 spiro atoms. The van der Waals surface area contributed by atoms with E-state index >= 15 is 0 Å². The number of carboxylic acids is 1. The molecule has 0 aliphatic carbocycles. The lowest BCUT2D eigenvalue weighted by molar-refractivity contribution is 0.0659. The van der Waals surface area contributed by atoms with Crippen molar-refractivity contribution in [2.24, 2.45) is 0 Å². The summed E-state index contributed by atoms with van der Waals surface area (Å²) < 4.78 is 18.0. The summed E-state index contributed by atoms with van der Waals surface area (Å²) in [4.78, 5) is 10.8. The van der Waals surface area contributed by atoms with E-state index in [2.05, 4.69) is 5.32 Å². The second kappa shape index (κ2) is 5.32. The van der Waals surface area contributed by atoms with Gasteiger partial charge in [-0.2, -0.15) is 0 Å². The van der Waals surface area contributed by atoms with Crippen LogP contribution in [-0.2, 0) is 6.54 Å². The number of benzene rings is 1. The van der Waals surface area contributed by atoms with Gasteiger partial charge in [0.15, 0.2) is 0 Å². The minimum absolute atomic E-state index is 0.0815. The smallest absolute Gasteiger partial charge is 0.372 e. The Labute approximate surface area is 113 Å². The summed E-state index contributed by atoms with van der Waals surface area (Å²) in [6.45, 7) is 1.92. The second-order valence-corrected chi connectivity index (χ2v) is 4.41. The van der Waals surface area contributed by atoms with Crippen LogP contribution in [-0.4, -0.2) is 11.1 Å². The Hall–Kier alpha value is -2.01. The van der Waals surface area contributed by atoms with Gasteiger partial charge in [0.1, 0.15) is 11.6 Å². The molecule has 0 radical (unpaired) electrons. The highest BCUT2D eigenvalue weighted by atomic mass is 35.5. The van der Waals surface area contributed by atoms with Gasteiger partial charge in [0.2, 0.25) is 5.76 Å². The van der Waals surface area contributed by atoms with Crippen molar-refractivity contribution in [1.29, 1.82) is 0 Å². The Kier molecular flexibility index (Phi) is 3.76. The molecule has 0 bridgehead atoms. The van der Waals surface area contributed by atoms with E-state index in [9.17, 15) is 9.18 Å². The molecule has 0 aliphatic heterocycles. The Morgan fingerprint density at radius 3 is 2.79 bits per heavy atom. The van der Waals surface area contributed by atoms with Gasteiger partial charge < -0.3 is 14.8 Å². The van der Waals surface area contributed by atoms with Gasteiger partial charge in [-0.25, -0.2) is 9.18 Å². The number of aromatic carboxylic acids is 1. The average Bonchev–Trinajstić information content (AvgIpc) is 2.69. The van der Waals surface area contributed by atoms with Crippen LogP contribution in [0.15, 0.2) is 28.7 Å². The maximum absolute atomic E-state index is 12.9. The largest absolute Gasteiger partial charge is 0.475 e. The van der Waals surface area contributed by atoms with Crippen molar-refractivity contribution >= 4 is 23.3 Å².